The van der Waals surface area contributed by atoms with Crippen molar-refractivity contribution in [3.05, 3.63) is 81.8 Å². The molecule has 1 atom stereocenters. The van der Waals surface area contributed by atoms with Crippen LogP contribution in [0.3, 0.4) is 0 Å². The fourth-order valence-corrected chi connectivity index (χ4v) is 4.00. The first-order valence-corrected chi connectivity index (χ1v) is 10.0. The highest BCUT2D eigenvalue weighted by molar-refractivity contribution is 7.09. The number of hydrogen-bond donors (Lipinski definition) is 1. The molecule has 1 amide bonds. The molecule has 3 aromatic rings. The van der Waals surface area contributed by atoms with Gasteiger partial charge in [0.15, 0.2) is 0 Å². The van der Waals surface area contributed by atoms with Crippen molar-refractivity contribution < 1.29 is 14.3 Å². The number of methoxy groups -OCH3 is 1. The average Bonchev–Trinajstić information content (AvgIpc) is 3.28. The number of thiazole rings is 1. The standard InChI is InChI=1S/C23H22N2O3S/c1-3-23(27-2,22-25-12-14-29-22)19-10-5-11-20(16-19)28-13-6-8-17-7-4-9-18(15-17)21(24)26/h4-5,7,9-12,14-16H,3,13H2,1-2H3,(H2,24,26). The van der Waals surface area contributed by atoms with E-state index in [1.54, 1.807) is 42.8 Å². The van der Waals surface area contributed by atoms with Crippen LogP contribution < -0.4 is 10.5 Å². The van der Waals surface area contributed by atoms with Crippen molar-refractivity contribution in [3.63, 3.8) is 0 Å². The van der Waals surface area contributed by atoms with Gasteiger partial charge in [-0.2, -0.15) is 0 Å². The highest BCUT2D eigenvalue weighted by atomic mass is 32.1. The Balaban J connectivity index is 1.74. The first-order chi connectivity index (χ1) is 14.1. The lowest BCUT2D eigenvalue weighted by atomic mass is 9.91. The lowest BCUT2D eigenvalue weighted by molar-refractivity contribution is 0.0182. The van der Waals surface area contributed by atoms with Gasteiger partial charge in [0.05, 0.1) is 0 Å². The van der Waals surface area contributed by atoms with Crippen molar-refractivity contribution in [3.8, 4) is 17.6 Å². The summed E-state index contributed by atoms with van der Waals surface area (Å²) in [5, 5.41) is 2.86. The number of hydrogen-bond acceptors (Lipinski definition) is 5. The van der Waals surface area contributed by atoms with Gasteiger partial charge in [0.1, 0.15) is 23.0 Å². The van der Waals surface area contributed by atoms with Crippen LogP contribution in [0.25, 0.3) is 0 Å². The maximum absolute atomic E-state index is 11.3. The van der Waals surface area contributed by atoms with E-state index in [-0.39, 0.29) is 6.61 Å². The molecule has 148 valence electrons. The van der Waals surface area contributed by atoms with E-state index < -0.39 is 11.5 Å². The third-order valence-electron chi connectivity index (χ3n) is 4.62. The largest absolute Gasteiger partial charge is 0.481 e. The minimum Gasteiger partial charge on any atom is -0.481 e. The van der Waals surface area contributed by atoms with E-state index in [2.05, 4.69) is 23.7 Å². The number of rotatable bonds is 7. The fourth-order valence-electron chi connectivity index (χ4n) is 3.10. The van der Waals surface area contributed by atoms with Crippen molar-refractivity contribution >= 4 is 17.2 Å². The second kappa shape index (κ2) is 9.37. The molecule has 0 fully saturated rings. The minimum atomic E-state index is -0.603. The Morgan fingerprint density at radius 1 is 1.24 bits per heavy atom. The Labute approximate surface area is 174 Å². The molecule has 5 nitrogen and oxygen atoms in total. The molecule has 2 aromatic carbocycles. The zero-order valence-corrected chi connectivity index (χ0v) is 17.2. The highest BCUT2D eigenvalue weighted by Crippen LogP contribution is 2.38. The van der Waals surface area contributed by atoms with E-state index in [1.807, 2.05) is 35.7 Å². The second-order valence-electron chi connectivity index (χ2n) is 6.29. The number of primary amides is 1. The number of carbonyl (C=O) groups is 1. The monoisotopic (exact) mass is 406 g/mol. The van der Waals surface area contributed by atoms with E-state index in [0.717, 1.165) is 17.0 Å². The number of carbonyl (C=O) groups excluding carboxylic acids is 1. The SMILES string of the molecule is CCC(OC)(c1cccc(OCC#Cc2cccc(C(N)=O)c2)c1)c1nccs1. The third-order valence-corrected chi connectivity index (χ3v) is 5.53. The Morgan fingerprint density at radius 3 is 2.76 bits per heavy atom. The Hall–Kier alpha value is -3.14. The van der Waals surface area contributed by atoms with Crippen LogP contribution in [0.2, 0.25) is 0 Å². The second-order valence-corrected chi connectivity index (χ2v) is 7.18. The normalized spacial score (nSPS) is 12.5. The lowest BCUT2D eigenvalue weighted by Crippen LogP contribution is -2.29. The molecule has 2 N–H and O–H groups in total. The molecule has 1 aromatic heterocycles. The van der Waals surface area contributed by atoms with Crippen LogP contribution in [-0.4, -0.2) is 24.6 Å². The number of benzene rings is 2. The van der Waals surface area contributed by atoms with Gasteiger partial charge in [-0.05, 0) is 42.3 Å². The van der Waals surface area contributed by atoms with Crippen LogP contribution in [0.4, 0.5) is 0 Å². The van der Waals surface area contributed by atoms with Gasteiger partial charge in [-0.15, -0.1) is 11.3 Å². The van der Waals surface area contributed by atoms with Crippen LogP contribution in [0, 0.1) is 11.8 Å². The van der Waals surface area contributed by atoms with Gasteiger partial charge < -0.3 is 15.2 Å². The zero-order valence-electron chi connectivity index (χ0n) is 16.3. The maximum atomic E-state index is 11.3. The summed E-state index contributed by atoms with van der Waals surface area (Å²) >= 11 is 1.57. The molecule has 0 aliphatic heterocycles. The lowest BCUT2D eigenvalue weighted by Gasteiger charge is -2.30. The molecular formula is C23H22N2O3S. The Bertz CT molecular complexity index is 1030. The number of nitrogens with two attached hydrogens (primary N) is 1. The summed E-state index contributed by atoms with van der Waals surface area (Å²) in [4.78, 5) is 15.7. The predicted molar refractivity (Wildman–Crippen MR) is 114 cm³/mol. The van der Waals surface area contributed by atoms with Gasteiger partial charge in [0, 0.05) is 29.8 Å². The molecule has 0 spiro atoms. The van der Waals surface area contributed by atoms with Crippen molar-refractivity contribution in [1.82, 2.24) is 4.98 Å². The molecule has 6 heteroatoms. The number of nitrogens with zero attached hydrogens (tertiary/aromatic N) is 1. The van der Waals surface area contributed by atoms with E-state index in [0.29, 0.717) is 16.9 Å². The predicted octanol–water partition coefficient (Wildman–Crippen LogP) is 3.97. The first kappa shape index (κ1) is 20.6. The molecule has 29 heavy (non-hydrogen) atoms. The smallest absolute Gasteiger partial charge is 0.248 e. The zero-order chi connectivity index (χ0) is 20.7. The summed E-state index contributed by atoms with van der Waals surface area (Å²) in [6.45, 7) is 2.29. The number of aromatic nitrogens is 1. The van der Waals surface area contributed by atoms with Crippen molar-refractivity contribution in [2.24, 2.45) is 5.73 Å². The average molecular weight is 407 g/mol. The van der Waals surface area contributed by atoms with Gasteiger partial charge in [-0.3, -0.25) is 4.79 Å². The van der Waals surface area contributed by atoms with Gasteiger partial charge in [-0.25, -0.2) is 4.98 Å². The molecule has 0 saturated carbocycles. The van der Waals surface area contributed by atoms with Crippen LogP contribution >= 0.6 is 11.3 Å². The van der Waals surface area contributed by atoms with Gasteiger partial charge in [-0.1, -0.05) is 37.0 Å². The summed E-state index contributed by atoms with van der Waals surface area (Å²) in [6.07, 6.45) is 2.53. The molecule has 1 unspecified atom stereocenters. The summed E-state index contributed by atoms with van der Waals surface area (Å²) in [7, 11) is 1.70. The quantitative estimate of drug-likeness (QED) is 0.603. The molecule has 0 radical (unpaired) electrons. The Morgan fingerprint density at radius 2 is 2.07 bits per heavy atom. The van der Waals surface area contributed by atoms with E-state index in [9.17, 15) is 4.79 Å². The molecule has 0 saturated heterocycles. The molecule has 1 heterocycles. The van der Waals surface area contributed by atoms with Crippen molar-refractivity contribution in [1.29, 1.82) is 0 Å². The maximum Gasteiger partial charge on any atom is 0.248 e. The van der Waals surface area contributed by atoms with Crippen LogP contribution in [0.5, 0.6) is 5.75 Å². The van der Waals surface area contributed by atoms with Gasteiger partial charge in [0.25, 0.3) is 0 Å². The summed E-state index contributed by atoms with van der Waals surface area (Å²) < 4.78 is 11.7. The molecular weight excluding hydrogens is 384 g/mol. The van der Waals surface area contributed by atoms with E-state index in [1.165, 1.54) is 0 Å². The van der Waals surface area contributed by atoms with E-state index >= 15 is 0 Å². The molecule has 0 aliphatic rings. The highest BCUT2D eigenvalue weighted by Gasteiger charge is 2.35. The minimum absolute atomic E-state index is 0.216. The first-order valence-electron chi connectivity index (χ1n) is 9.16. The third kappa shape index (κ3) is 4.65. The number of ether oxygens (including phenoxy) is 2. The Kier molecular flexibility index (Phi) is 6.65. The van der Waals surface area contributed by atoms with Gasteiger partial charge >= 0.3 is 0 Å². The summed E-state index contributed by atoms with van der Waals surface area (Å²) in [6, 6.07) is 14.7. The summed E-state index contributed by atoms with van der Waals surface area (Å²) in [5.74, 6) is 6.18. The van der Waals surface area contributed by atoms with Crippen LogP contribution in [0.15, 0.2) is 60.1 Å². The summed E-state index contributed by atoms with van der Waals surface area (Å²) in [5.41, 5.74) is 6.82. The van der Waals surface area contributed by atoms with E-state index in [4.69, 9.17) is 15.2 Å². The van der Waals surface area contributed by atoms with Crippen LogP contribution in [0.1, 0.15) is 39.8 Å². The number of amides is 1. The fraction of sp³-hybridized carbons (Fsp3) is 0.217. The topological polar surface area (TPSA) is 74.4 Å². The molecule has 0 bridgehead atoms. The molecule has 0 aliphatic carbocycles. The molecule has 3 rings (SSSR count). The van der Waals surface area contributed by atoms with Crippen molar-refractivity contribution in [2.45, 2.75) is 18.9 Å². The van der Waals surface area contributed by atoms with Crippen LogP contribution in [-0.2, 0) is 10.3 Å². The van der Waals surface area contributed by atoms with Crippen molar-refractivity contribution in [2.75, 3.05) is 13.7 Å². The van der Waals surface area contributed by atoms with Gasteiger partial charge in [0.2, 0.25) is 5.91 Å².